The van der Waals surface area contributed by atoms with Crippen molar-refractivity contribution in [3.63, 3.8) is 0 Å². The van der Waals surface area contributed by atoms with E-state index < -0.39 is 13.3 Å². The second-order valence-corrected chi connectivity index (χ2v) is 23.6. The topological polar surface area (TPSA) is 38.9 Å². The zero-order valence-corrected chi connectivity index (χ0v) is 32.1. The third-order valence-corrected chi connectivity index (χ3v) is 12.6. The smallest absolute Gasteiger partial charge is 0.120 e. The molecule has 6 rings (SSSR count). The standard InChI is InChI=1S/C22H20NO.C18H24GeN.Ir/c1-3-15(4-2)16-12-13-23-20(14-16)19-10-7-9-18-17-8-5-6-11-21(17)24-22(18)19;1-14(2)11-16-12-18(15-9-7-6-8-10-15)20-13-17(16)19(3,4)5;/h5-9,11-15H,3-4H2,1-2H3;6-9,12-14H,11H2,1-5H3;/q2*-1;. The maximum absolute atomic E-state index is 6.12. The van der Waals surface area contributed by atoms with Crippen LogP contribution in [0, 0.1) is 18.1 Å². The van der Waals surface area contributed by atoms with Gasteiger partial charge in [-0.05, 0) is 36.6 Å². The molecule has 3 heterocycles. The van der Waals surface area contributed by atoms with Crippen LogP contribution in [0.2, 0.25) is 17.3 Å². The number of pyridine rings is 2. The normalized spacial score (nSPS) is 11.5. The molecule has 1 radical (unpaired) electrons. The van der Waals surface area contributed by atoms with Gasteiger partial charge in [-0.25, -0.2) is 0 Å². The van der Waals surface area contributed by atoms with Crippen LogP contribution < -0.4 is 4.40 Å². The first-order valence-corrected chi connectivity index (χ1v) is 23.3. The van der Waals surface area contributed by atoms with Crippen molar-refractivity contribution in [2.75, 3.05) is 0 Å². The van der Waals surface area contributed by atoms with Gasteiger partial charge in [0.05, 0.1) is 5.58 Å². The summed E-state index contributed by atoms with van der Waals surface area (Å²) in [7, 11) is 0. The average molecular weight is 834 g/mol. The zero-order chi connectivity index (χ0) is 31.3. The Bertz CT molecular complexity index is 1830. The van der Waals surface area contributed by atoms with Gasteiger partial charge in [-0.1, -0.05) is 54.6 Å². The molecule has 0 saturated heterocycles. The molecule has 45 heavy (non-hydrogen) atoms. The molecule has 0 saturated carbocycles. The Labute approximate surface area is 285 Å². The van der Waals surface area contributed by atoms with E-state index >= 15 is 0 Å². The summed E-state index contributed by atoms with van der Waals surface area (Å²) >= 11 is -1.86. The Balaban J connectivity index is 0.000000204. The van der Waals surface area contributed by atoms with Crippen molar-refractivity contribution in [1.82, 2.24) is 9.97 Å². The number of aromatic nitrogens is 2. The van der Waals surface area contributed by atoms with Gasteiger partial charge in [0, 0.05) is 31.7 Å². The Kier molecular flexibility index (Phi) is 12.0. The van der Waals surface area contributed by atoms with Crippen molar-refractivity contribution in [3.8, 4) is 22.5 Å². The van der Waals surface area contributed by atoms with Crippen molar-refractivity contribution >= 4 is 39.6 Å². The van der Waals surface area contributed by atoms with Gasteiger partial charge >= 0.3 is 126 Å². The minimum absolute atomic E-state index is 0. The van der Waals surface area contributed by atoms with Crippen LogP contribution in [0.3, 0.4) is 0 Å². The first kappa shape index (κ1) is 34.8. The van der Waals surface area contributed by atoms with Crippen molar-refractivity contribution < 1.29 is 24.5 Å². The molecule has 0 aliphatic carbocycles. The van der Waals surface area contributed by atoms with Gasteiger partial charge < -0.3 is 9.40 Å². The van der Waals surface area contributed by atoms with Crippen LogP contribution in [0.1, 0.15) is 57.6 Å². The third-order valence-electron chi connectivity index (χ3n) is 8.25. The Morgan fingerprint density at radius 1 is 0.800 bits per heavy atom. The molecule has 0 aliphatic rings. The van der Waals surface area contributed by atoms with Crippen LogP contribution in [0.5, 0.6) is 0 Å². The molecule has 3 aromatic heterocycles. The molecule has 0 aliphatic heterocycles. The van der Waals surface area contributed by atoms with Crippen molar-refractivity contribution in [3.05, 3.63) is 115 Å². The molecule has 3 nitrogen and oxygen atoms in total. The van der Waals surface area contributed by atoms with Gasteiger partial charge in [-0.3, -0.25) is 0 Å². The van der Waals surface area contributed by atoms with Crippen LogP contribution in [0.15, 0.2) is 95.7 Å². The Hall–Kier alpha value is -3.05. The molecular weight excluding hydrogens is 789 g/mol. The molecule has 0 N–H and O–H groups in total. The summed E-state index contributed by atoms with van der Waals surface area (Å²) < 4.78 is 7.66. The fraction of sp³-hybridized carbons (Fsp3) is 0.300. The monoisotopic (exact) mass is 835 g/mol. The quantitative estimate of drug-likeness (QED) is 0.113. The molecule has 0 amide bonds. The van der Waals surface area contributed by atoms with E-state index in [9.17, 15) is 0 Å². The number of furan rings is 1. The van der Waals surface area contributed by atoms with Gasteiger partial charge in [-0.2, -0.15) is 0 Å². The Morgan fingerprint density at radius 3 is 2.24 bits per heavy atom. The second kappa shape index (κ2) is 15.5. The molecule has 235 valence electrons. The minimum Gasteiger partial charge on any atom is -0.501 e. The summed E-state index contributed by atoms with van der Waals surface area (Å²) in [6.45, 7) is 9.04. The first-order chi connectivity index (χ1) is 21.2. The molecule has 0 bridgehead atoms. The SMILES string of the molecule is CC(C)Cc1cc(-c2[c-]cccc2)nc[c]1[Ge]([CH3])([CH3])[CH3].CCC(CC)c1ccnc(-c2[c-]ccc3c2oc2ccccc23)c1.[Ir]. The number of fused-ring (bicyclic) bond motifs is 3. The van der Waals surface area contributed by atoms with Crippen LogP contribution in [0.25, 0.3) is 44.5 Å². The summed E-state index contributed by atoms with van der Waals surface area (Å²) in [5.74, 6) is 8.56. The van der Waals surface area contributed by atoms with E-state index in [0.29, 0.717) is 11.8 Å². The predicted octanol–water partition coefficient (Wildman–Crippen LogP) is 10.6. The predicted molar refractivity (Wildman–Crippen MR) is 189 cm³/mol. The van der Waals surface area contributed by atoms with Gasteiger partial charge in [0.25, 0.3) is 0 Å². The van der Waals surface area contributed by atoms with Crippen molar-refractivity contribution in [2.45, 2.75) is 70.1 Å². The summed E-state index contributed by atoms with van der Waals surface area (Å²) in [4.78, 5) is 9.29. The number of nitrogens with zero attached hydrogens (tertiary/aromatic N) is 2. The fourth-order valence-electron chi connectivity index (χ4n) is 5.96. The Morgan fingerprint density at radius 2 is 1.56 bits per heavy atom. The van der Waals surface area contributed by atoms with Crippen LogP contribution in [0.4, 0.5) is 0 Å². The van der Waals surface area contributed by atoms with E-state index in [-0.39, 0.29) is 20.1 Å². The molecular formula is C40H44GeIrN2O-2. The first-order valence-electron chi connectivity index (χ1n) is 15.9. The summed E-state index contributed by atoms with van der Waals surface area (Å²) in [5, 5.41) is 2.26. The van der Waals surface area contributed by atoms with E-state index in [0.717, 1.165) is 63.7 Å². The van der Waals surface area contributed by atoms with Gasteiger partial charge in [0.15, 0.2) is 0 Å². The fourth-order valence-corrected chi connectivity index (χ4v) is 9.29. The van der Waals surface area contributed by atoms with Crippen LogP contribution in [-0.2, 0) is 26.5 Å². The van der Waals surface area contributed by atoms with Crippen molar-refractivity contribution in [1.29, 1.82) is 0 Å². The number of hydrogen-bond donors (Lipinski definition) is 0. The molecule has 0 fully saturated rings. The minimum atomic E-state index is -1.86. The number of para-hydroxylation sites is 1. The molecule has 3 aromatic carbocycles. The van der Waals surface area contributed by atoms with Gasteiger partial charge in [-0.15, -0.1) is 18.2 Å². The number of hydrogen-bond acceptors (Lipinski definition) is 3. The average Bonchev–Trinajstić information content (AvgIpc) is 3.41. The third kappa shape index (κ3) is 8.22. The summed E-state index contributed by atoms with van der Waals surface area (Å²) in [5.41, 5.74) is 8.63. The number of rotatable bonds is 8. The van der Waals surface area contributed by atoms with E-state index in [2.05, 4.69) is 105 Å². The van der Waals surface area contributed by atoms with Crippen LogP contribution in [-0.4, -0.2) is 23.2 Å². The van der Waals surface area contributed by atoms with E-state index in [1.807, 2.05) is 48.7 Å². The van der Waals surface area contributed by atoms with Gasteiger partial charge in [0.1, 0.15) is 5.58 Å². The van der Waals surface area contributed by atoms with E-state index in [1.54, 1.807) is 4.40 Å². The molecule has 5 heteroatoms. The number of benzene rings is 3. The maximum Gasteiger partial charge on any atom is 0.120 e. The van der Waals surface area contributed by atoms with Crippen molar-refractivity contribution in [2.24, 2.45) is 5.92 Å². The zero-order valence-electron chi connectivity index (χ0n) is 27.6. The van der Waals surface area contributed by atoms with Crippen LogP contribution >= 0.6 is 0 Å². The molecule has 0 spiro atoms. The summed E-state index contributed by atoms with van der Waals surface area (Å²) in [6, 6.07) is 33.5. The molecule has 6 aromatic rings. The maximum atomic E-state index is 6.12. The molecule has 0 atom stereocenters. The largest absolute Gasteiger partial charge is 0.501 e. The summed E-state index contributed by atoms with van der Waals surface area (Å²) in [6.07, 6.45) is 7.45. The van der Waals surface area contributed by atoms with E-state index in [4.69, 9.17) is 9.40 Å². The second-order valence-electron chi connectivity index (χ2n) is 13.0. The molecule has 0 unspecified atom stereocenters. The van der Waals surface area contributed by atoms with Gasteiger partial charge in [0.2, 0.25) is 0 Å². The van der Waals surface area contributed by atoms with E-state index in [1.165, 1.54) is 11.1 Å².